The number of aliphatic hydroxyl groups is 1. The summed E-state index contributed by atoms with van der Waals surface area (Å²) in [6.45, 7) is 3.72. The molecule has 0 aliphatic rings. The number of aliphatic hydroxyl groups excluding tert-OH is 1. The Morgan fingerprint density at radius 1 is 1.29 bits per heavy atom. The van der Waals surface area contributed by atoms with Crippen molar-refractivity contribution in [3.05, 3.63) is 39.9 Å². The Morgan fingerprint density at radius 2 is 1.86 bits per heavy atom. The van der Waals surface area contributed by atoms with Gasteiger partial charge in [-0.25, -0.2) is 8.42 Å². The van der Waals surface area contributed by atoms with Crippen LogP contribution < -0.4 is 0 Å². The highest BCUT2D eigenvalue weighted by Crippen LogP contribution is 2.17. The maximum atomic E-state index is 12.4. The fourth-order valence-corrected chi connectivity index (χ4v) is 3.78. The lowest BCUT2D eigenvalue weighted by Crippen LogP contribution is -2.38. The number of sulfonamides is 1. The third-order valence-corrected chi connectivity index (χ3v) is 4.98. The van der Waals surface area contributed by atoms with Crippen LogP contribution in [0.4, 0.5) is 5.69 Å². The minimum absolute atomic E-state index is 0.0721. The Bertz CT molecular complexity index is 569. The van der Waals surface area contributed by atoms with Crippen LogP contribution in [0.1, 0.15) is 25.8 Å². The highest BCUT2D eigenvalue weighted by molar-refractivity contribution is 7.88. The smallest absolute Gasteiger partial charge is 0.269 e. The summed E-state index contributed by atoms with van der Waals surface area (Å²) >= 11 is 0. The van der Waals surface area contributed by atoms with E-state index in [0.29, 0.717) is 12.0 Å². The Hall–Kier alpha value is -1.51. The van der Waals surface area contributed by atoms with Crippen molar-refractivity contribution >= 4 is 15.7 Å². The van der Waals surface area contributed by atoms with E-state index in [0.717, 1.165) is 0 Å². The number of nitro benzene ring substituents is 1. The van der Waals surface area contributed by atoms with Crippen LogP contribution >= 0.6 is 0 Å². The zero-order valence-electron chi connectivity index (χ0n) is 12.1. The average Bonchev–Trinajstić information content (AvgIpc) is 2.38. The lowest BCUT2D eigenvalue weighted by Gasteiger charge is -2.25. The van der Waals surface area contributed by atoms with Crippen LogP contribution in [0.3, 0.4) is 0 Å². The molecule has 0 aromatic heterocycles. The van der Waals surface area contributed by atoms with Crippen LogP contribution in [-0.4, -0.2) is 41.9 Å². The molecule has 21 heavy (non-hydrogen) atoms. The van der Waals surface area contributed by atoms with Gasteiger partial charge in [0.1, 0.15) is 0 Å². The highest BCUT2D eigenvalue weighted by atomic mass is 32.2. The molecule has 0 fully saturated rings. The van der Waals surface area contributed by atoms with Gasteiger partial charge in [0.25, 0.3) is 5.69 Å². The van der Waals surface area contributed by atoms with E-state index in [1.807, 2.05) is 0 Å². The van der Waals surface area contributed by atoms with Crippen molar-refractivity contribution in [1.29, 1.82) is 0 Å². The molecule has 1 aromatic carbocycles. The molecule has 0 atom stereocenters. The summed E-state index contributed by atoms with van der Waals surface area (Å²) in [5, 5.41) is 19.4. The van der Waals surface area contributed by atoms with Gasteiger partial charge in [0.15, 0.2) is 0 Å². The zero-order valence-corrected chi connectivity index (χ0v) is 12.9. The van der Waals surface area contributed by atoms with Crippen LogP contribution in [0.5, 0.6) is 0 Å². The molecule has 0 radical (unpaired) electrons. The lowest BCUT2D eigenvalue weighted by molar-refractivity contribution is -0.384. The fourth-order valence-electron chi connectivity index (χ4n) is 1.95. The summed E-state index contributed by atoms with van der Waals surface area (Å²) in [6, 6.07) is 5.26. The predicted molar refractivity (Wildman–Crippen MR) is 79.3 cm³/mol. The predicted octanol–water partition coefficient (Wildman–Crippen LogP) is 1.52. The second-order valence-electron chi connectivity index (χ2n) is 4.96. The number of rotatable bonds is 8. The number of nitrogens with zero attached hydrogens (tertiary/aromatic N) is 2. The summed E-state index contributed by atoms with van der Waals surface area (Å²) in [7, 11) is -3.53. The minimum Gasteiger partial charge on any atom is -0.396 e. The molecule has 8 heteroatoms. The molecule has 0 aliphatic heterocycles. The number of hydrogen-bond donors (Lipinski definition) is 1. The summed E-state index contributed by atoms with van der Waals surface area (Å²) in [4.78, 5) is 10.0. The molecule has 7 nitrogen and oxygen atoms in total. The third-order valence-electron chi connectivity index (χ3n) is 2.97. The van der Waals surface area contributed by atoms with Gasteiger partial charge in [0.2, 0.25) is 10.0 Å². The van der Waals surface area contributed by atoms with Gasteiger partial charge in [-0.05, 0) is 25.8 Å². The van der Waals surface area contributed by atoms with Crippen molar-refractivity contribution in [2.45, 2.75) is 32.1 Å². The van der Waals surface area contributed by atoms with Gasteiger partial charge in [-0.15, -0.1) is 0 Å². The summed E-state index contributed by atoms with van der Waals surface area (Å²) in [5.41, 5.74) is 0.424. The topological polar surface area (TPSA) is 101 Å². The van der Waals surface area contributed by atoms with Crippen molar-refractivity contribution in [3.63, 3.8) is 0 Å². The molecule has 0 amide bonds. The number of non-ortho nitro benzene ring substituents is 1. The molecule has 0 bridgehead atoms. The fraction of sp³-hybridized carbons (Fsp3) is 0.538. The third kappa shape index (κ3) is 5.07. The summed E-state index contributed by atoms with van der Waals surface area (Å²) in [5.74, 6) is -0.214. The van der Waals surface area contributed by atoms with E-state index in [9.17, 15) is 18.5 Å². The molecule has 0 spiro atoms. The van der Waals surface area contributed by atoms with E-state index < -0.39 is 14.9 Å². The number of benzene rings is 1. The lowest BCUT2D eigenvalue weighted by atomic mass is 10.2. The van der Waals surface area contributed by atoms with E-state index in [4.69, 9.17) is 5.11 Å². The Labute approximate surface area is 124 Å². The molecule has 0 saturated heterocycles. The number of hydrogen-bond acceptors (Lipinski definition) is 5. The SMILES string of the molecule is CC(C)N(CCCO)S(=O)(=O)Cc1ccc([N+](=O)[O-])cc1. The maximum absolute atomic E-state index is 12.4. The molecule has 118 valence electrons. The van der Waals surface area contributed by atoms with Crippen molar-refractivity contribution in [3.8, 4) is 0 Å². The molecule has 0 heterocycles. The second-order valence-corrected chi connectivity index (χ2v) is 6.88. The van der Waals surface area contributed by atoms with Crippen LogP contribution in [0.15, 0.2) is 24.3 Å². The van der Waals surface area contributed by atoms with Gasteiger partial charge in [-0.3, -0.25) is 10.1 Å². The van der Waals surface area contributed by atoms with Crippen molar-refractivity contribution in [2.75, 3.05) is 13.2 Å². The Morgan fingerprint density at radius 3 is 2.29 bits per heavy atom. The first-order valence-corrected chi connectivity index (χ1v) is 8.22. The van der Waals surface area contributed by atoms with E-state index in [1.165, 1.54) is 28.6 Å². The van der Waals surface area contributed by atoms with Gasteiger partial charge < -0.3 is 5.11 Å². The van der Waals surface area contributed by atoms with Crippen LogP contribution in [0.2, 0.25) is 0 Å². The molecular weight excluding hydrogens is 296 g/mol. The Balaban J connectivity index is 2.89. The van der Waals surface area contributed by atoms with Gasteiger partial charge in [-0.2, -0.15) is 4.31 Å². The second kappa shape index (κ2) is 7.48. The molecule has 1 rings (SSSR count). The van der Waals surface area contributed by atoms with Crippen molar-refractivity contribution < 1.29 is 18.4 Å². The quantitative estimate of drug-likeness (QED) is 0.579. The van der Waals surface area contributed by atoms with Crippen LogP contribution in [-0.2, 0) is 15.8 Å². The van der Waals surface area contributed by atoms with E-state index in [-0.39, 0.29) is 30.6 Å². The minimum atomic E-state index is -3.53. The molecule has 1 N–H and O–H groups in total. The van der Waals surface area contributed by atoms with Gasteiger partial charge >= 0.3 is 0 Å². The monoisotopic (exact) mass is 316 g/mol. The van der Waals surface area contributed by atoms with Gasteiger partial charge in [-0.1, -0.05) is 12.1 Å². The normalized spacial score (nSPS) is 12.0. The van der Waals surface area contributed by atoms with E-state index in [1.54, 1.807) is 13.8 Å². The van der Waals surface area contributed by atoms with E-state index >= 15 is 0 Å². The summed E-state index contributed by atoms with van der Waals surface area (Å²) in [6.07, 6.45) is 0.373. The largest absolute Gasteiger partial charge is 0.396 e. The maximum Gasteiger partial charge on any atom is 0.269 e. The first kappa shape index (κ1) is 17.5. The highest BCUT2D eigenvalue weighted by Gasteiger charge is 2.24. The molecule has 0 aliphatic carbocycles. The Kier molecular flexibility index (Phi) is 6.25. The van der Waals surface area contributed by atoms with Crippen molar-refractivity contribution in [1.82, 2.24) is 4.31 Å². The molecule has 0 saturated carbocycles. The van der Waals surface area contributed by atoms with Gasteiger partial charge in [0.05, 0.1) is 10.7 Å². The summed E-state index contributed by atoms with van der Waals surface area (Å²) < 4.78 is 26.1. The van der Waals surface area contributed by atoms with Crippen LogP contribution in [0, 0.1) is 10.1 Å². The zero-order chi connectivity index (χ0) is 16.0. The first-order chi connectivity index (χ1) is 9.77. The standard InChI is InChI=1S/C13H20N2O5S/c1-11(2)14(8-3-9-16)21(19,20)10-12-4-6-13(7-5-12)15(17)18/h4-7,11,16H,3,8-10H2,1-2H3. The van der Waals surface area contributed by atoms with Crippen LogP contribution in [0.25, 0.3) is 0 Å². The first-order valence-electron chi connectivity index (χ1n) is 6.61. The van der Waals surface area contributed by atoms with Gasteiger partial charge in [0, 0.05) is 31.3 Å². The van der Waals surface area contributed by atoms with E-state index in [2.05, 4.69) is 0 Å². The molecule has 0 unspecified atom stereocenters. The van der Waals surface area contributed by atoms with Crippen molar-refractivity contribution in [2.24, 2.45) is 0 Å². The number of nitro groups is 1. The molecule has 1 aromatic rings. The molecular formula is C13H20N2O5S. The average molecular weight is 316 g/mol.